The average Bonchev–Trinajstić information content (AvgIpc) is 2.90. The molecule has 1 aliphatic rings. The SMILES string of the molecule is CN(C)c1ccc(/C=C2\NC(=O)N(S(=O)(=O)c3ccc(Cl)cc3)C2=O)cc1. The van der Waals surface area contributed by atoms with Crippen LogP contribution in [-0.2, 0) is 14.8 Å². The largest absolute Gasteiger partial charge is 0.378 e. The number of hydrogen-bond donors (Lipinski definition) is 1. The Bertz CT molecular complexity index is 1030. The summed E-state index contributed by atoms with van der Waals surface area (Å²) in [5, 5.41) is 2.65. The number of carbonyl (C=O) groups excluding carboxylic acids is 2. The Morgan fingerprint density at radius 2 is 1.59 bits per heavy atom. The fourth-order valence-electron chi connectivity index (χ4n) is 2.48. The van der Waals surface area contributed by atoms with Gasteiger partial charge in [0.05, 0.1) is 4.90 Å². The number of rotatable bonds is 4. The second kappa shape index (κ2) is 7.05. The van der Waals surface area contributed by atoms with Crippen LogP contribution in [0.15, 0.2) is 59.1 Å². The van der Waals surface area contributed by atoms with Gasteiger partial charge < -0.3 is 10.2 Å². The highest BCUT2D eigenvalue weighted by Crippen LogP contribution is 2.24. The molecule has 0 atom stereocenters. The molecule has 27 heavy (non-hydrogen) atoms. The Kier molecular flexibility index (Phi) is 4.95. The zero-order chi connectivity index (χ0) is 19.8. The third-order valence-corrected chi connectivity index (χ3v) is 5.85. The monoisotopic (exact) mass is 405 g/mol. The van der Waals surface area contributed by atoms with Gasteiger partial charge in [0.2, 0.25) is 0 Å². The summed E-state index contributed by atoms with van der Waals surface area (Å²) in [6.45, 7) is 0. The summed E-state index contributed by atoms with van der Waals surface area (Å²) in [6, 6.07) is 11.4. The predicted octanol–water partition coefficient (Wildman–Crippen LogP) is 2.69. The minimum atomic E-state index is -4.33. The first-order valence-electron chi connectivity index (χ1n) is 7.85. The molecule has 9 heteroatoms. The quantitative estimate of drug-likeness (QED) is 0.624. The standard InChI is InChI=1S/C18H16ClN3O4S/c1-21(2)14-7-3-12(4-8-14)11-16-17(23)22(18(24)20-16)27(25,26)15-9-5-13(19)6-10-15/h3-11H,1-2H3,(H,20,24)/b16-11-. The third-order valence-electron chi connectivity index (χ3n) is 3.91. The molecule has 1 saturated heterocycles. The minimum absolute atomic E-state index is 0.116. The topological polar surface area (TPSA) is 86.8 Å². The molecular weight excluding hydrogens is 390 g/mol. The molecule has 1 N–H and O–H groups in total. The van der Waals surface area contributed by atoms with E-state index < -0.39 is 22.0 Å². The number of sulfonamides is 1. The van der Waals surface area contributed by atoms with E-state index in [9.17, 15) is 18.0 Å². The fourth-order valence-corrected chi connectivity index (χ4v) is 3.88. The van der Waals surface area contributed by atoms with Crippen molar-refractivity contribution < 1.29 is 18.0 Å². The van der Waals surface area contributed by atoms with Crippen molar-refractivity contribution in [2.24, 2.45) is 0 Å². The van der Waals surface area contributed by atoms with Crippen LogP contribution >= 0.6 is 11.6 Å². The van der Waals surface area contributed by atoms with E-state index in [0.717, 1.165) is 5.69 Å². The summed E-state index contributed by atoms with van der Waals surface area (Å²) in [5.41, 5.74) is 1.50. The molecule has 0 radical (unpaired) electrons. The van der Waals surface area contributed by atoms with Crippen LogP contribution in [0.1, 0.15) is 5.56 Å². The summed E-state index contributed by atoms with van der Waals surface area (Å²) in [4.78, 5) is 26.4. The van der Waals surface area contributed by atoms with Gasteiger partial charge in [0.25, 0.3) is 15.9 Å². The van der Waals surface area contributed by atoms with Crippen LogP contribution in [0.5, 0.6) is 0 Å². The van der Waals surface area contributed by atoms with Gasteiger partial charge >= 0.3 is 6.03 Å². The Hall–Kier alpha value is -2.84. The van der Waals surface area contributed by atoms with Gasteiger partial charge in [-0.3, -0.25) is 4.79 Å². The van der Waals surface area contributed by atoms with Crippen molar-refractivity contribution in [3.05, 3.63) is 64.8 Å². The average molecular weight is 406 g/mol. The molecule has 2 aromatic rings. The first-order valence-corrected chi connectivity index (χ1v) is 9.67. The lowest BCUT2D eigenvalue weighted by atomic mass is 10.1. The molecule has 2 aromatic carbocycles. The molecule has 1 heterocycles. The number of amides is 3. The highest BCUT2D eigenvalue weighted by molar-refractivity contribution is 7.90. The smallest absolute Gasteiger partial charge is 0.343 e. The van der Waals surface area contributed by atoms with Crippen LogP contribution in [0.2, 0.25) is 5.02 Å². The van der Waals surface area contributed by atoms with Crippen LogP contribution < -0.4 is 10.2 Å². The Balaban J connectivity index is 1.91. The molecule has 0 unspecified atom stereocenters. The van der Waals surface area contributed by atoms with Crippen molar-refractivity contribution in [2.75, 3.05) is 19.0 Å². The number of imide groups is 1. The summed E-state index contributed by atoms with van der Waals surface area (Å²) in [7, 11) is -0.538. The first-order chi connectivity index (χ1) is 12.7. The molecule has 140 valence electrons. The van der Waals surface area contributed by atoms with Gasteiger partial charge in [0.15, 0.2) is 0 Å². The van der Waals surface area contributed by atoms with Crippen LogP contribution in [0.3, 0.4) is 0 Å². The van der Waals surface area contributed by atoms with E-state index >= 15 is 0 Å². The first kappa shape index (κ1) is 18.9. The van der Waals surface area contributed by atoms with E-state index in [4.69, 9.17) is 11.6 Å². The molecule has 7 nitrogen and oxygen atoms in total. The van der Waals surface area contributed by atoms with E-state index in [2.05, 4.69) is 5.32 Å². The molecule has 0 saturated carbocycles. The zero-order valence-electron chi connectivity index (χ0n) is 14.5. The van der Waals surface area contributed by atoms with Crippen molar-refractivity contribution in [3.8, 4) is 0 Å². The van der Waals surface area contributed by atoms with Gasteiger partial charge in [-0.1, -0.05) is 23.7 Å². The summed E-state index contributed by atoms with van der Waals surface area (Å²) in [6.07, 6.45) is 1.43. The number of nitrogens with zero attached hydrogens (tertiary/aromatic N) is 2. The van der Waals surface area contributed by atoms with Gasteiger partial charge in [-0.15, -0.1) is 4.31 Å². The van der Waals surface area contributed by atoms with Crippen molar-refractivity contribution in [2.45, 2.75) is 4.90 Å². The highest BCUT2D eigenvalue weighted by Gasteiger charge is 2.43. The maximum atomic E-state index is 12.7. The van der Waals surface area contributed by atoms with Crippen LogP contribution in [0.25, 0.3) is 6.08 Å². The predicted molar refractivity (Wildman–Crippen MR) is 103 cm³/mol. The van der Waals surface area contributed by atoms with Gasteiger partial charge in [-0.2, -0.15) is 0 Å². The number of urea groups is 1. The molecule has 1 fully saturated rings. The number of halogens is 1. The second-order valence-electron chi connectivity index (χ2n) is 6.00. The Morgan fingerprint density at radius 3 is 2.15 bits per heavy atom. The normalized spacial score (nSPS) is 16.0. The van der Waals surface area contributed by atoms with E-state index in [1.165, 1.54) is 30.3 Å². The highest BCUT2D eigenvalue weighted by atomic mass is 35.5. The van der Waals surface area contributed by atoms with Gasteiger partial charge in [0.1, 0.15) is 5.70 Å². The molecule has 0 aliphatic carbocycles. The van der Waals surface area contributed by atoms with E-state index in [0.29, 0.717) is 10.6 Å². The van der Waals surface area contributed by atoms with Crippen molar-refractivity contribution in [3.63, 3.8) is 0 Å². The minimum Gasteiger partial charge on any atom is -0.378 e. The number of hydrogen-bond acceptors (Lipinski definition) is 5. The fraction of sp³-hybridized carbons (Fsp3) is 0.111. The van der Waals surface area contributed by atoms with E-state index in [1.54, 1.807) is 12.1 Å². The molecule has 3 rings (SSSR count). The summed E-state index contributed by atoms with van der Waals surface area (Å²) < 4.78 is 25.5. The molecule has 1 aliphatic heterocycles. The van der Waals surface area contributed by atoms with E-state index in [-0.39, 0.29) is 14.9 Å². The lowest BCUT2D eigenvalue weighted by Gasteiger charge is -2.12. The zero-order valence-corrected chi connectivity index (χ0v) is 16.1. The van der Waals surface area contributed by atoms with Crippen LogP contribution in [0.4, 0.5) is 10.5 Å². The van der Waals surface area contributed by atoms with Crippen molar-refractivity contribution >= 4 is 45.3 Å². The maximum Gasteiger partial charge on any atom is 0.343 e. The number of benzene rings is 2. The number of anilines is 1. The summed E-state index contributed by atoms with van der Waals surface area (Å²) in [5.74, 6) is -0.938. The maximum absolute atomic E-state index is 12.7. The van der Waals surface area contributed by atoms with Crippen molar-refractivity contribution in [1.82, 2.24) is 9.62 Å². The number of nitrogens with one attached hydrogen (secondary N) is 1. The molecule has 0 aromatic heterocycles. The van der Waals surface area contributed by atoms with Crippen molar-refractivity contribution in [1.29, 1.82) is 0 Å². The molecule has 3 amide bonds. The number of carbonyl (C=O) groups is 2. The van der Waals surface area contributed by atoms with Gasteiger partial charge in [-0.25, -0.2) is 13.2 Å². The second-order valence-corrected chi connectivity index (χ2v) is 8.23. The lowest BCUT2D eigenvalue weighted by Crippen LogP contribution is -2.36. The van der Waals surface area contributed by atoms with Gasteiger partial charge in [0, 0.05) is 24.8 Å². The van der Waals surface area contributed by atoms with Gasteiger partial charge in [-0.05, 0) is 48.0 Å². The Morgan fingerprint density at radius 1 is 1.00 bits per heavy atom. The molecular formula is C18H16ClN3O4S. The molecule has 0 spiro atoms. The lowest BCUT2D eigenvalue weighted by molar-refractivity contribution is -0.119. The molecule has 0 bridgehead atoms. The third kappa shape index (κ3) is 3.67. The van der Waals surface area contributed by atoms with Crippen LogP contribution in [-0.4, -0.2) is 38.8 Å². The van der Waals surface area contributed by atoms with E-state index in [1.807, 2.05) is 31.1 Å². The van der Waals surface area contributed by atoms with Crippen LogP contribution in [0, 0.1) is 0 Å². The Labute approximate surface area is 161 Å². The summed E-state index contributed by atoms with van der Waals surface area (Å²) >= 11 is 5.76.